The number of hydrogen-bond donors (Lipinski definition) is 1. The zero-order valence-electron chi connectivity index (χ0n) is 19.4. The number of nitrogens with zero attached hydrogens (tertiary/aromatic N) is 2. The zero-order valence-corrected chi connectivity index (χ0v) is 20.3. The van der Waals surface area contributed by atoms with E-state index in [1.54, 1.807) is 72.5 Å². The second-order valence-electron chi connectivity index (χ2n) is 8.56. The quantitative estimate of drug-likeness (QED) is 0.605. The number of rotatable bonds is 3. The van der Waals surface area contributed by atoms with Crippen LogP contribution in [0.2, 0.25) is 0 Å². The van der Waals surface area contributed by atoms with Crippen molar-refractivity contribution >= 4 is 33.2 Å². The number of carbonyl (C=O) groups excluding carboxylic acids is 2. The highest BCUT2D eigenvalue weighted by Crippen LogP contribution is 2.44. The van der Waals surface area contributed by atoms with Crippen molar-refractivity contribution in [1.82, 2.24) is 4.90 Å². The molecule has 0 saturated carbocycles. The van der Waals surface area contributed by atoms with Gasteiger partial charge in [-0.05, 0) is 42.8 Å². The molecular weight excluding hydrogens is 466 g/mol. The number of hydrogen-bond acceptors (Lipinski definition) is 5. The van der Waals surface area contributed by atoms with Crippen molar-refractivity contribution in [2.75, 3.05) is 43.0 Å². The van der Waals surface area contributed by atoms with E-state index >= 15 is 0 Å². The van der Waals surface area contributed by atoms with Gasteiger partial charge < -0.3 is 15.0 Å². The maximum absolute atomic E-state index is 13.3. The van der Waals surface area contributed by atoms with E-state index in [0.717, 1.165) is 0 Å². The number of ether oxygens (including phenoxy) is 1. The Bertz CT molecular complexity index is 1450. The zero-order chi connectivity index (χ0) is 24.7. The first-order chi connectivity index (χ1) is 16.8. The molecular formula is C26H25N3O5S. The first kappa shape index (κ1) is 23.1. The van der Waals surface area contributed by atoms with Crippen LogP contribution < -0.4 is 9.62 Å². The van der Waals surface area contributed by atoms with E-state index in [2.05, 4.69) is 5.32 Å². The Morgan fingerprint density at radius 1 is 0.943 bits per heavy atom. The van der Waals surface area contributed by atoms with E-state index in [1.807, 2.05) is 0 Å². The number of sulfonamides is 1. The SMILES string of the molecule is Cc1cc(C(=O)Nc2ccccc2C(=O)N2CCOCC2)cc2c1N(C)S(=O)(=O)c1ccccc1-2. The summed E-state index contributed by atoms with van der Waals surface area (Å²) in [5, 5.41) is 2.88. The van der Waals surface area contributed by atoms with E-state index in [0.29, 0.717) is 65.5 Å². The molecule has 0 unspecified atom stereocenters. The molecule has 0 bridgehead atoms. The van der Waals surface area contributed by atoms with Crippen LogP contribution in [0.5, 0.6) is 0 Å². The molecule has 2 heterocycles. The lowest BCUT2D eigenvalue weighted by atomic mass is 9.96. The minimum absolute atomic E-state index is 0.161. The molecule has 9 heteroatoms. The summed E-state index contributed by atoms with van der Waals surface area (Å²) in [6.45, 7) is 3.76. The van der Waals surface area contributed by atoms with Crippen molar-refractivity contribution in [1.29, 1.82) is 0 Å². The minimum atomic E-state index is -3.68. The summed E-state index contributed by atoms with van der Waals surface area (Å²) < 4.78 is 32.6. The third kappa shape index (κ3) is 3.96. The number of carbonyl (C=O) groups is 2. The monoisotopic (exact) mass is 491 g/mol. The topological polar surface area (TPSA) is 96.0 Å². The Morgan fingerprint density at radius 3 is 2.40 bits per heavy atom. The van der Waals surface area contributed by atoms with Crippen LogP contribution in [-0.4, -0.2) is 58.5 Å². The van der Waals surface area contributed by atoms with Crippen LogP contribution in [0.4, 0.5) is 11.4 Å². The standard InChI is InChI=1S/C26H25N3O5S/c1-17-15-18(16-21-19-7-4-6-10-23(19)35(32,33)28(2)24(17)21)25(30)27-22-9-5-3-8-20(22)26(31)29-11-13-34-14-12-29/h3-10,15-16H,11-14H2,1-2H3,(H,27,30). The van der Waals surface area contributed by atoms with Crippen molar-refractivity contribution in [3.05, 3.63) is 77.4 Å². The summed E-state index contributed by atoms with van der Waals surface area (Å²) in [5.41, 5.74) is 3.63. The maximum Gasteiger partial charge on any atom is 0.264 e. The average molecular weight is 492 g/mol. The van der Waals surface area contributed by atoms with E-state index in [-0.39, 0.29) is 16.7 Å². The van der Waals surface area contributed by atoms with Crippen LogP contribution >= 0.6 is 0 Å². The van der Waals surface area contributed by atoms with E-state index in [1.165, 1.54) is 11.4 Å². The van der Waals surface area contributed by atoms with Crippen LogP contribution in [0.15, 0.2) is 65.6 Å². The van der Waals surface area contributed by atoms with Gasteiger partial charge in [0.15, 0.2) is 0 Å². The molecule has 3 aromatic carbocycles. The number of fused-ring (bicyclic) bond motifs is 3. The molecule has 1 saturated heterocycles. The fraction of sp³-hybridized carbons (Fsp3) is 0.231. The van der Waals surface area contributed by atoms with Crippen LogP contribution in [0.25, 0.3) is 11.1 Å². The Balaban J connectivity index is 1.51. The fourth-order valence-corrected chi connectivity index (χ4v) is 6.11. The molecule has 180 valence electrons. The van der Waals surface area contributed by atoms with E-state index in [9.17, 15) is 18.0 Å². The summed E-state index contributed by atoms with van der Waals surface area (Å²) in [5.74, 6) is -0.543. The third-order valence-corrected chi connectivity index (χ3v) is 8.21. The normalized spacial score (nSPS) is 16.3. The van der Waals surface area contributed by atoms with Crippen LogP contribution in [0.1, 0.15) is 26.3 Å². The molecule has 0 radical (unpaired) electrons. The lowest BCUT2D eigenvalue weighted by Crippen LogP contribution is -2.41. The Morgan fingerprint density at radius 2 is 1.63 bits per heavy atom. The van der Waals surface area contributed by atoms with Crippen LogP contribution in [0.3, 0.4) is 0 Å². The number of morpholine rings is 1. The van der Waals surface area contributed by atoms with Gasteiger partial charge >= 0.3 is 0 Å². The number of benzene rings is 3. The second kappa shape index (κ2) is 8.83. The fourth-order valence-electron chi connectivity index (χ4n) is 4.63. The molecule has 0 aliphatic carbocycles. The lowest BCUT2D eigenvalue weighted by molar-refractivity contribution is 0.0303. The Labute approximate surface area is 204 Å². The van der Waals surface area contributed by atoms with Gasteiger partial charge in [0.2, 0.25) is 0 Å². The van der Waals surface area contributed by atoms with Gasteiger partial charge in [-0.2, -0.15) is 0 Å². The summed E-state index contributed by atoms with van der Waals surface area (Å²) in [7, 11) is -2.16. The highest BCUT2D eigenvalue weighted by molar-refractivity contribution is 7.93. The van der Waals surface area contributed by atoms with Crippen molar-refractivity contribution < 1.29 is 22.7 Å². The predicted octanol–water partition coefficient (Wildman–Crippen LogP) is 3.53. The van der Waals surface area contributed by atoms with Gasteiger partial charge in [0.1, 0.15) is 0 Å². The highest BCUT2D eigenvalue weighted by atomic mass is 32.2. The summed E-state index contributed by atoms with van der Waals surface area (Å²) in [6, 6.07) is 17.1. The van der Waals surface area contributed by atoms with Gasteiger partial charge in [0.05, 0.1) is 35.0 Å². The number of nitrogens with one attached hydrogen (secondary N) is 1. The summed E-state index contributed by atoms with van der Waals surface area (Å²) in [4.78, 5) is 28.3. The molecule has 35 heavy (non-hydrogen) atoms. The smallest absolute Gasteiger partial charge is 0.264 e. The van der Waals surface area contributed by atoms with Gasteiger partial charge in [-0.1, -0.05) is 30.3 Å². The highest BCUT2D eigenvalue weighted by Gasteiger charge is 2.34. The number of para-hydroxylation sites is 1. The minimum Gasteiger partial charge on any atom is -0.378 e. The molecule has 8 nitrogen and oxygen atoms in total. The molecule has 2 aliphatic heterocycles. The molecule has 5 rings (SSSR count). The Hall–Kier alpha value is -3.69. The van der Waals surface area contributed by atoms with Gasteiger partial charge in [-0.3, -0.25) is 13.9 Å². The van der Waals surface area contributed by atoms with Gasteiger partial charge in [0, 0.05) is 36.8 Å². The summed E-state index contributed by atoms with van der Waals surface area (Å²) >= 11 is 0. The average Bonchev–Trinajstić information content (AvgIpc) is 2.87. The Kier molecular flexibility index (Phi) is 5.82. The molecule has 1 N–H and O–H groups in total. The molecule has 0 atom stereocenters. The molecule has 2 amide bonds. The van der Waals surface area contributed by atoms with Crippen LogP contribution in [0, 0.1) is 6.92 Å². The molecule has 0 spiro atoms. The molecule has 2 aliphatic rings. The molecule has 0 aromatic heterocycles. The molecule has 3 aromatic rings. The molecule has 1 fully saturated rings. The predicted molar refractivity (Wildman–Crippen MR) is 133 cm³/mol. The number of anilines is 2. The lowest BCUT2D eigenvalue weighted by Gasteiger charge is -2.31. The van der Waals surface area contributed by atoms with Gasteiger partial charge in [-0.15, -0.1) is 0 Å². The van der Waals surface area contributed by atoms with Gasteiger partial charge in [0.25, 0.3) is 21.8 Å². The van der Waals surface area contributed by atoms with E-state index in [4.69, 9.17) is 4.74 Å². The van der Waals surface area contributed by atoms with Gasteiger partial charge in [-0.25, -0.2) is 8.42 Å². The number of aryl methyl sites for hydroxylation is 1. The van der Waals surface area contributed by atoms with Crippen LogP contribution in [-0.2, 0) is 14.8 Å². The van der Waals surface area contributed by atoms with Crippen molar-refractivity contribution in [2.45, 2.75) is 11.8 Å². The number of amides is 2. The largest absolute Gasteiger partial charge is 0.378 e. The van der Waals surface area contributed by atoms with E-state index < -0.39 is 10.0 Å². The van der Waals surface area contributed by atoms with Crippen molar-refractivity contribution in [3.8, 4) is 11.1 Å². The van der Waals surface area contributed by atoms with Crippen molar-refractivity contribution in [2.24, 2.45) is 0 Å². The third-order valence-electron chi connectivity index (χ3n) is 6.40. The second-order valence-corrected chi connectivity index (χ2v) is 10.5. The van der Waals surface area contributed by atoms with Crippen molar-refractivity contribution in [3.63, 3.8) is 0 Å². The summed E-state index contributed by atoms with van der Waals surface area (Å²) in [6.07, 6.45) is 0. The first-order valence-electron chi connectivity index (χ1n) is 11.3. The maximum atomic E-state index is 13.3. The first-order valence-corrected chi connectivity index (χ1v) is 12.7.